The average Bonchev–Trinajstić information content (AvgIpc) is 2.77. The quantitative estimate of drug-likeness (QED) is 0.664. The smallest absolute Gasteiger partial charge is 0.256 e. The Hall–Kier alpha value is -2.08. The van der Waals surface area contributed by atoms with Crippen molar-refractivity contribution < 1.29 is 9.90 Å². The number of nitrogens with zero attached hydrogens (tertiary/aromatic N) is 2. The summed E-state index contributed by atoms with van der Waals surface area (Å²) in [4.78, 5) is 19.0. The number of amides is 1. The Morgan fingerprint density at radius 3 is 2.89 bits per heavy atom. The molecular formula is C13H15N3O2S. The monoisotopic (exact) mass is 277 g/mol. The number of aryl methyl sites for hydroxylation is 1. The van der Waals surface area contributed by atoms with Gasteiger partial charge in [0.25, 0.3) is 5.91 Å². The lowest BCUT2D eigenvalue weighted by atomic mass is 10.1. The number of carbonyl (C=O) groups excluding carboxylic acids is 1. The minimum atomic E-state index is -0.221. The molecule has 0 saturated carbocycles. The number of aromatic nitrogens is 1. The summed E-state index contributed by atoms with van der Waals surface area (Å²) in [6.07, 6.45) is 0. The molecule has 3 N–H and O–H groups in total. The fourth-order valence-electron chi connectivity index (χ4n) is 1.70. The van der Waals surface area contributed by atoms with Crippen LogP contribution in [0.5, 0.6) is 5.75 Å². The third kappa shape index (κ3) is 2.85. The predicted octanol–water partition coefficient (Wildman–Crippen LogP) is 2.01. The second-order valence-electron chi connectivity index (χ2n) is 4.29. The van der Waals surface area contributed by atoms with Crippen LogP contribution in [-0.2, 0) is 6.54 Å². The first-order valence-corrected chi connectivity index (χ1v) is 6.60. The molecule has 0 bridgehead atoms. The van der Waals surface area contributed by atoms with Crippen LogP contribution in [0.3, 0.4) is 0 Å². The molecule has 100 valence electrons. The van der Waals surface area contributed by atoms with E-state index in [4.69, 9.17) is 5.73 Å². The van der Waals surface area contributed by atoms with Gasteiger partial charge in [-0.15, -0.1) is 11.3 Å². The van der Waals surface area contributed by atoms with Crippen molar-refractivity contribution in [2.45, 2.75) is 13.5 Å². The van der Waals surface area contributed by atoms with Crippen molar-refractivity contribution in [1.82, 2.24) is 9.88 Å². The van der Waals surface area contributed by atoms with E-state index in [0.717, 1.165) is 10.6 Å². The topological polar surface area (TPSA) is 79.5 Å². The molecule has 1 aromatic carbocycles. The molecule has 5 nitrogen and oxygen atoms in total. The van der Waals surface area contributed by atoms with Gasteiger partial charge in [0.15, 0.2) is 0 Å². The van der Waals surface area contributed by atoms with Crippen LogP contribution in [0.2, 0.25) is 0 Å². The number of benzene rings is 1. The maximum atomic E-state index is 12.3. The summed E-state index contributed by atoms with van der Waals surface area (Å²) in [5.41, 5.74) is 9.11. The number of hydrogen-bond acceptors (Lipinski definition) is 5. The molecular weight excluding hydrogens is 262 g/mol. The lowest BCUT2D eigenvalue weighted by Crippen LogP contribution is -2.26. The zero-order valence-corrected chi connectivity index (χ0v) is 11.6. The highest BCUT2D eigenvalue weighted by Crippen LogP contribution is 2.21. The number of nitrogens with two attached hydrogens (primary N) is 1. The van der Waals surface area contributed by atoms with Gasteiger partial charge in [-0.2, -0.15) is 0 Å². The molecule has 0 radical (unpaired) electrons. The SMILES string of the molecule is Cc1ncsc1CN(C)C(=O)c1cc(O)ccc1N. The highest BCUT2D eigenvalue weighted by atomic mass is 32.1. The number of aromatic hydroxyl groups is 1. The number of rotatable bonds is 3. The van der Waals surface area contributed by atoms with Crippen LogP contribution in [0.15, 0.2) is 23.7 Å². The summed E-state index contributed by atoms with van der Waals surface area (Å²) in [7, 11) is 1.70. The van der Waals surface area contributed by atoms with E-state index in [1.807, 2.05) is 6.92 Å². The molecule has 0 saturated heterocycles. The van der Waals surface area contributed by atoms with Crippen molar-refractivity contribution in [2.75, 3.05) is 12.8 Å². The zero-order chi connectivity index (χ0) is 14.0. The molecule has 1 heterocycles. The van der Waals surface area contributed by atoms with Crippen molar-refractivity contribution in [3.05, 3.63) is 39.8 Å². The van der Waals surface area contributed by atoms with Crippen LogP contribution in [0, 0.1) is 6.92 Å². The minimum Gasteiger partial charge on any atom is -0.508 e. The molecule has 2 rings (SSSR count). The lowest BCUT2D eigenvalue weighted by Gasteiger charge is -2.17. The number of thiazole rings is 1. The molecule has 19 heavy (non-hydrogen) atoms. The van der Waals surface area contributed by atoms with Gasteiger partial charge >= 0.3 is 0 Å². The standard InChI is InChI=1S/C13H15N3O2S/c1-8-12(19-7-15-8)6-16(2)13(18)10-5-9(17)3-4-11(10)14/h3-5,7,17H,6,14H2,1-2H3. The summed E-state index contributed by atoms with van der Waals surface area (Å²) >= 11 is 1.51. The van der Waals surface area contributed by atoms with E-state index in [2.05, 4.69) is 4.98 Å². The van der Waals surface area contributed by atoms with Gasteiger partial charge in [0, 0.05) is 17.6 Å². The van der Waals surface area contributed by atoms with Gasteiger partial charge in [0.1, 0.15) is 5.75 Å². The molecule has 0 spiro atoms. The van der Waals surface area contributed by atoms with Crippen molar-refractivity contribution in [1.29, 1.82) is 0 Å². The third-order valence-corrected chi connectivity index (χ3v) is 3.76. The maximum Gasteiger partial charge on any atom is 0.256 e. The van der Waals surface area contributed by atoms with Crippen LogP contribution >= 0.6 is 11.3 Å². The van der Waals surface area contributed by atoms with Crippen LogP contribution in [0.1, 0.15) is 20.9 Å². The number of phenolic OH excluding ortho intramolecular Hbond substituents is 1. The first-order chi connectivity index (χ1) is 8.99. The predicted molar refractivity (Wildman–Crippen MR) is 75.2 cm³/mol. The Kier molecular flexibility index (Phi) is 3.71. The number of hydrogen-bond donors (Lipinski definition) is 2. The fraction of sp³-hybridized carbons (Fsp3) is 0.231. The number of carbonyl (C=O) groups is 1. The minimum absolute atomic E-state index is 0.0277. The van der Waals surface area contributed by atoms with Crippen molar-refractivity contribution in [3.63, 3.8) is 0 Å². The summed E-state index contributed by atoms with van der Waals surface area (Å²) in [5, 5.41) is 9.43. The molecule has 1 amide bonds. The number of anilines is 1. The van der Waals surface area contributed by atoms with Crippen LogP contribution in [-0.4, -0.2) is 27.9 Å². The van der Waals surface area contributed by atoms with E-state index in [-0.39, 0.29) is 11.7 Å². The van der Waals surface area contributed by atoms with Crippen LogP contribution < -0.4 is 5.73 Å². The van der Waals surface area contributed by atoms with Crippen LogP contribution in [0.25, 0.3) is 0 Å². The summed E-state index contributed by atoms with van der Waals surface area (Å²) in [5.74, 6) is -0.193. The first-order valence-electron chi connectivity index (χ1n) is 5.72. The summed E-state index contributed by atoms with van der Waals surface area (Å²) < 4.78 is 0. The van der Waals surface area contributed by atoms with Gasteiger partial charge < -0.3 is 15.7 Å². The molecule has 6 heteroatoms. The highest BCUT2D eigenvalue weighted by molar-refractivity contribution is 7.09. The molecule has 0 aliphatic rings. The van der Waals surface area contributed by atoms with Crippen molar-refractivity contribution in [3.8, 4) is 5.75 Å². The zero-order valence-electron chi connectivity index (χ0n) is 10.8. The first kappa shape index (κ1) is 13.4. The van der Waals surface area contributed by atoms with E-state index in [9.17, 15) is 9.90 Å². The molecule has 0 aliphatic carbocycles. The average molecular weight is 277 g/mol. The van der Waals surface area contributed by atoms with E-state index in [1.165, 1.54) is 29.5 Å². The van der Waals surface area contributed by atoms with Crippen molar-refractivity contribution >= 4 is 22.9 Å². The Bertz CT molecular complexity index is 610. The Balaban J connectivity index is 2.19. The Morgan fingerprint density at radius 2 is 2.26 bits per heavy atom. The summed E-state index contributed by atoms with van der Waals surface area (Å²) in [6.45, 7) is 2.39. The largest absolute Gasteiger partial charge is 0.508 e. The van der Waals surface area contributed by atoms with Gasteiger partial charge in [-0.05, 0) is 25.1 Å². The normalized spacial score (nSPS) is 10.4. The Morgan fingerprint density at radius 1 is 1.53 bits per heavy atom. The number of nitrogen functional groups attached to an aromatic ring is 1. The van der Waals surface area contributed by atoms with Crippen LogP contribution in [0.4, 0.5) is 5.69 Å². The summed E-state index contributed by atoms with van der Waals surface area (Å²) in [6, 6.07) is 4.36. The van der Waals surface area contributed by atoms with Crippen molar-refractivity contribution in [2.24, 2.45) is 0 Å². The van der Waals surface area contributed by atoms with Gasteiger partial charge in [0.05, 0.1) is 23.3 Å². The molecule has 0 unspecified atom stereocenters. The lowest BCUT2D eigenvalue weighted by molar-refractivity contribution is 0.0787. The maximum absolute atomic E-state index is 12.3. The molecule has 2 aromatic rings. The number of phenols is 1. The van der Waals surface area contributed by atoms with E-state index >= 15 is 0 Å². The third-order valence-electron chi connectivity index (χ3n) is 2.84. The molecule has 0 aliphatic heterocycles. The van der Waals surface area contributed by atoms with Gasteiger partial charge in [-0.25, -0.2) is 4.98 Å². The van der Waals surface area contributed by atoms with E-state index < -0.39 is 0 Å². The second-order valence-corrected chi connectivity index (χ2v) is 5.23. The Labute approximate surface area is 115 Å². The van der Waals surface area contributed by atoms with E-state index in [1.54, 1.807) is 17.5 Å². The molecule has 1 aromatic heterocycles. The molecule has 0 atom stereocenters. The molecule has 0 fully saturated rings. The van der Waals surface area contributed by atoms with Gasteiger partial charge in [0.2, 0.25) is 0 Å². The highest BCUT2D eigenvalue weighted by Gasteiger charge is 2.17. The fourth-order valence-corrected chi connectivity index (χ4v) is 2.53. The van der Waals surface area contributed by atoms with Gasteiger partial charge in [-0.1, -0.05) is 0 Å². The second kappa shape index (κ2) is 5.27. The van der Waals surface area contributed by atoms with Gasteiger partial charge in [-0.3, -0.25) is 4.79 Å². The van der Waals surface area contributed by atoms with E-state index in [0.29, 0.717) is 17.8 Å².